The van der Waals surface area contributed by atoms with Crippen LogP contribution in [0.2, 0.25) is 0 Å². The number of fused-ring (bicyclic) bond motifs is 1. The molecule has 4 rings (SSSR count). The van der Waals surface area contributed by atoms with Crippen molar-refractivity contribution >= 4 is 50.9 Å². The number of nitrogens with one attached hydrogen (secondary N) is 2. The van der Waals surface area contributed by atoms with E-state index in [9.17, 15) is 9.59 Å². The van der Waals surface area contributed by atoms with Crippen LogP contribution in [0.25, 0.3) is 10.8 Å². The third kappa shape index (κ3) is 4.17. The lowest BCUT2D eigenvalue weighted by Gasteiger charge is -2.08. The van der Waals surface area contributed by atoms with Crippen LogP contribution in [0.5, 0.6) is 0 Å². The number of amidine groups is 1. The fourth-order valence-corrected chi connectivity index (χ4v) is 3.85. The molecule has 0 radical (unpaired) electrons. The molecule has 1 atom stereocenters. The maximum absolute atomic E-state index is 12.4. The van der Waals surface area contributed by atoms with E-state index in [0.29, 0.717) is 5.17 Å². The molecule has 3 aromatic carbocycles. The number of carbonyl (C=O) groups excluding carboxylic acids is 2. The Morgan fingerprint density at radius 2 is 1.74 bits per heavy atom. The molecule has 0 bridgehead atoms. The first-order valence-corrected chi connectivity index (χ1v) is 9.45. The van der Waals surface area contributed by atoms with Gasteiger partial charge in [0.2, 0.25) is 11.8 Å². The highest BCUT2D eigenvalue weighted by Gasteiger charge is 2.32. The minimum atomic E-state index is -0.479. The Kier molecular flexibility index (Phi) is 4.89. The van der Waals surface area contributed by atoms with Crippen LogP contribution in [0, 0.1) is 0 Å². The first-order chi connectivity index (χ1) is 13.2. The van der Waals surface area contributed by atoms with Crippen molar-refractivity contribution in [3.63, 3.8) is 0 Å². The molecule has 5 nitrogen and oxygen atoms in total. The molecule has 1 saturated heterocycles. The molecule has 0 spiro atoms. The Hall–Kier alpha value is -3.12. The van der Waals surface area contributed by atoms with Gasteiger partial charge >= 0.3 is 0 Å². The Morgan fingerprint density at radius 1 is 1.00 bits per heavy atom. The summed E-state index contributed by atoms with van der Waals surface area (Å²) < 4.78 is 0. The first kappa shape index (κ1) is 17.3. The third-order valence-corrected chi connectivity index (χ3v) is 5.25. The average molecular weight is 375 g/mol. The molecule has 0 saturated carbocycles. The molecule has 2 amide bonds. The minimum Gasteiger partial charge on any atom is -0.326 e. The molecule has 3 aromatic rings. The number of thioether (sulfide) groups is 1. The maximum Gasteiger partial charge on any atom is 0.240 e. The number of carbonyl (C=O) groups is 2. The smallest absolute Gasteiger partial charge is 0.240 e. The van der Waals surface area contributed by atoms with Crippen molar-refractivity contribution < 1.29 is 9.59 Å². The van der Waals surface area contributed by atoms with Crippen molar-refractivity contribution in [3.05, 3.63) is 72.8 Å². The van der Waals surface area contributed by atoms with Gasteiger partial charge in [-0.3, -0.25) is 9.59 Å². The quantitative estimate of drug-likeness (QED) is 0.722. The molecule has 6 heteroatoms. The normalized spacial score (nSPS) is 17.9. The van der Waals surface area contributed by atoms with Gasteiger partial charge in [0.15, 0.2) is 5.17 Å². The van der Waals surface area contributed by atoms with Gasteiger partial charge in [-0.2, -0.15) is 0 Å². The van der Waals surface area contributed by atoms with E-state index in [-0.39, 0.29) is 18.2 Å². The monoisotopic (exact) mass is 375 g/mol. The van der Waals surface area contributed by atoms with Gasteiger partial charge in [-0.25, -0.2) is 4.99 Å². The summed E-state index contributed by atoms with van der Waals surface area (Å²) in [6.07, 6.45) is 0.0944. The zero-order valence-electron chi connectivity index (χ0n) is 14.4. The van der Waals surface area contributed by atoms with E-state index in [2.05, 4.69) is 15.6 Å². The molecule has 1 heterocycles. The number of anilines is 1. The van der Waals surface area contributed by atoms with Crippen LogP contribution >= 0.6 is 11.8 Å². The zero-order chi connectivity index (χ0) is 18.6. The summed E-state index contributed by atoms with van der Waals surface area (Å²) in [5.41, 5.74) is 1.49. The third-order valence-electron chi connectivity index (χ3n) is 4.17. The second-order valence-corrected chi connectivity index (χ2v) is 7.35. The van der Waals surface area contributed by atoms with Crippen LogP contribution in [-0.4, -0.2) is 22.2 Å². The minimum absolute atomic E-state index is 0.0944. The highest BCUT2D eigenvalue weighted by Crippen LogP contribution is 2.26. The fourth-order valence-electron chi connectivity index (χ4n) is 2.86. The molecule has 1 fully saturated rings. The summed E-state index contributed by atoms with van der Waals surface area (Å²) in [5.74, 6) is -0.387. The highest BCUT2D eigenvalue weighted by atomic mass is 32.2. The van der Waals surface area contributed by atoms with Crippen LogP contribution in [0.3, 0.4) is 0 Å². The predicted molar refractivity (Wildman–Crippen MR) is 110 cm³/mol. The van der Waals surface area contributed by atoms with Crippen molar-refractivity contribution in [2.75, 3.05) is 5.32 Å². The van der Waals surface area contributed by atoms with Gasteiger partial charge in [-0.15, -0.1) is 0 Å². The number of hydrogen-bond donors (Lipinski definition) is 2. The van der Waals surface area contributed by atoms with E-state index in [1.807, 2.05) is 72.8 Å². The highest BCUT2D eigenvalue weighted by molar-refractivity contribution is 8.15. The van der Waals surface area contributed by atoms with Gasteiger partial charge < -0.3 is 10.6 Å². The van der Waals surface area contributed by atoms with Gasteiger partial charge in [0.1, 0.15) is 5.25 Å². The number of aliphatic imine (C=N–C) groups is 1. The van der Waals surface area contributed by atoms with E-state index in [1.54, 1.807) is 0 Å². The molecule has 0 aromatic heterocycles. The summed E-state index contributed by atoms with van der Waals surface area (Å²) in [7, 11) is 0. The number of amides is 2. The van der Waals surface area contributed by atoms with Crippen LogP contribution in [0.1, 0.15) is 6.42 Å². The average Bonchev–Trinajstić information content (AvgIpc) is 3.01. The van der Waals surface area contributed by atoms with Gasteiger partial charge in [0.25, 0.3) is 0 Å². The predicted octanol–water partition coefficient (Wildman–Crippen LogP) is 4.09. The molecule has 1 aliphatic rings. The van der Waals surface area contributed by atoms with Gasteiger partial charge in [0, 0.05) is 12.1 Å². The Balaban J connectivity index is 1.40. The molecule has 134 valence electrons. The van der Waals surface area contributed by atoms with E-state index in [1.165, 1.54) is 11.8 Å². The van der Waals surface area contributed by atoms with Crippen LogP contribution in [0.4, 0.5) is 11.4 Å². The Labute approximate surface area is 160 Å². The number of hydrogen-bond acceptors (Lipinski definition) is 4. The van der Waals surface area contributed by atoms with Crippen molar-refractivity contribution in [3.8, 4) is 0 Å². The number of benzene rings is 3. The van der Waals surface area contributed by atoms with E-state index in [0.717, 1.165) is 22.1 Å². The number of para-hydroxylation sites is 1. The van der Waals surface area contributed by atoms with Crippen molar-refractivity contribution in [1.29, 1.82) is 0 Å². The van der Waals surface area contributed by atoms with Crippen molar-refractivity contribution in [2.45, 2.75) is 11.7 Å². The SMILES string of the molecule is O=C(C[C@H]1SC(=Nc2ccccc2)NC1=O)Nc1ccc2ccccc2c1. The summed E-state index contributed by atoms with van der Waals surface area (Å²) >= 11 is 1.28. The Bertz CT molecular complexity index is 1030. The lowest BCUT2D eigenvalue weighted by atomic mass is 10.1. The van der Waals surface area contributed by atoms with Crippen LogP contribution in [0.15, 0.2) is 77.8 Å². The second-order valence-electron chi connectivity index (χ2n) is 6.16. The molecule has 2 N–H and O–H groups in total. The van der Waals surface area contributed by atoms with Gasteiger partial charge in [-0.05, 0) is 35.0 Å². The zero-order valence-corrected chi connectivity index (χ0v) is 15.2. The van der Waals surface area contributed by atoms with E-state index >= 15 is 0 Å². The lowest BCUT2D eigenvalue weighted by Crippen LogP contribution is -2.28. The molecule has 1 aliphatic heterocycles. The van der Waals surface area contributed by atoms with Crippen molar-refractivity contribution in [2.24, 2.45) is 4.99 Å². The molecular weight excluding hydrogens is 358 g/mol. The fraction of sp³-hybridized carbons (Fsp3) is 0.0952. The number of nitrogens with zero attached hydrogens (tertiary/aromatic N) is 1. The molecule has 0 aliphatic carbocycles. The summed E-state index contributed by atoms with van der Waals surface area (Å²) in [6, 6.07) is 23.1. The van der Waals surface area contributed by atoms with Crippen molar-refractivity contribution in [1.82, 2.24) is 5.32 Å². The standard InChI is InChI=1S/C21H17N3O2S/c25-19(22-17-11-10-14-6-4-5-7-15(14)12-17)13-18-20(26)24-21(27-18)23-16-8-2-1-3-9-16/h1-12,18H,13H2,(H,22,25)(H,23,24,26)/t18-/m1/s1. The van der Waals surface area contributed by atoms with Gasteiger partial charge in [-0.1, -0.05) is 60.3 Å². The summed E-state index contributed by atoms with van der Waals surface area (Å²) in [6.45, 7) is 0. The van der Waals surface area contributed by atoms with Gasteiger partial charge in [0.05, 0.1) is 5.69 Å². The Morgan fingerprint density at radius 3 is 2.56 bits per heavy atom. The van der Waals surface area contributed by atoms with E-state index in [4.69, 9.17) is 0 Å². The largest absolute Gasteiger partial charge is 0.326 e. The maximum atomic E-state index is 12.4. The summed E-state index contributed by atoms with van der Waals surface area (Å²) in [4.78, 5) is 28.9. The first-order valence-electron chi connectivity index (χ1n) is 8.57. The second kappa shape index (κ2) is 7.63. The topological polar surface area (TPSA) is 70.6 Å². The molecule has 27 heavy (non-hydrogen) atoms. The lowest BCUT2D eigenvalue weighted by molar-refractivity contribution is -0.122. The van der Waals surface area contributed by atoms with E-state index < -0.39 is 5.25 Å². The summed E-state index contributed by atoms with van der Waals surface area (Å²) in [5, 5.41) is 7.83. The molecule has 0 unspecified atom stereocenters. The molecular formula is C21H17N3O2S. The number of rotatable bonds is 4. The van der Waals surface area contributed by atoms with Crippen LogP contribution in [-0.2, 0) is 9.59 Å². The van der Waals surface area contributed by atoms with Crippen LogP contribution < -0.4 is 10.6 Å².